The van der Waals surface area contributed by atoms with E-state index in [1.807, 2.05) is 0 Å². The molecule has 0 amide bonds. The molecule has 0 heterocycles. The minimum atomic E-state index is -0.749. The molecule has 4 N–H and O–H groups in total. The van der Waals surface area contributed by atoms with Crippen molar-refractivity contribution < 1.29 is 14.9 Å². The molecular formula is C5H12BNO3. The van der Waals surface area contributed by atoms with E-state index < -0.39 is 12.1 Å². The van der Waals surface area contributed by atoms with Crippen LogP contribution in [-0.2, 0) is 4.74 Å². The SMILES string of the molecule is [B]C(CO)OC(CN)CO. The molecule has 0 saturated heterocycles. The van der Waals surface area contributed by atoms with Crippen LogP contribution in [0.1, 0.15) is 0 Å². The number of aliphatic hydroxyl groups is 2. The van der Waals surface area contributed by atoms with Crippen LogP contribution in [0.5, 0.6) is 0 Å². The van der Waals surface area contributed by atoms with Crippen LogP contribution < -0.4 is 5.73 Å². The molecule has 0 rings (SSSR count). The summed E-state index contributed by atoms with van der Waals surface area (Å²) in [7, 11) is 5.19. The monoisotopic (exact) mass is 145 g/mol. The molecule has 0 aliphatic carbocycles. The van der Waals surface area contributed by atoms with Crippen molar-refractivity contribution in [3.05, 3.63) is 0 Å². The average molecular weight is 145 g/mol. The van der Waals surface area contributed by atoms with Crippen LogP contribution in [-0.4, -0.2) is 49.9 Å². The molecule has 0 fully saturated rings. The second kappa shape index (κ2) is 5.67. The summed E-state index contributed by atoms with van der Waals surface area (Å²) in [6.07, 6.45) is -0.470. The molecule has 0 saturated carbocycles. The average Bonchev–Trinajstić information content (AvgIpc) is 1.99. The zero-order valence-corrected chi connectivity index (χ0v) is 5.73. The van der Waals surface area contributed by atoms with Crippen molar-refractivity contribution in [2.75, 3.05) is 19.8 Å². The highest BCUT2D eigenvalue weighted by Gasteiger charge is 2.08. The molecular weight excluding hydrogens is 133 g/mol. The van der Waals surface area contributed by atoms with Crippen molar-refractivity contribution in [1.82, 2.24) is 0 Å². The fraction of sp³-hybridized carbons (Fsp3) is 1.00. The Morgan fingerprint density at radius 3 is 2.30 bits per heavy atom. The van der Waals surface area contributed by atoms with Gasteiger partial charge in [0.1, 0.15) is 7.85 Å². The maximum Gasteiger partial charge on any atom is 0.112 e. The minimum Gasteiger partial charge on any atom is -0.395 e. The number of nitrogens with two attached hydrogens (primary N) is 1. The lowest BCUT2D eigenvalue weighted by Crippen LogP contribution is -2.33. The fourth-order valence-electron chi connectivity index (χ4n) is 0.463. The van der Waals surface area contributed by atoms with E-state index in [-0.39, 0.29) is 19.8 Å². The summed E-state index contributed by atoms with van der Waals surface area (Å²) < 4.78 is 4.85. The lowest BCUT2D eigenvalue weighted by Gasteiger charge is -2.17. The zero-order chi connectivity index (χ0) is 7.98. The van der Waals surface area contributed by atoms with Gasteiger partial charge in [0, 0.05) is 12.5 Å². The Morgan fingerprint density at radius 1 is 1.40 bits per heavy atom. The molecule has 0 aliphatic heterocycles. The summed E-state index contributed by atoms with van der Waals surface area (Å²) in [4.78, 5) is 0. The highest BCUT2D eigenvalue weighted by molar-refractivity contribution is 6.11. The van der Waals surface area contributed by atoms with Gasteiger partial charge in [0.15, 0.2) is 0 Å². The Kier molecular flexibility index (Phi) is 5.62. The summed E-state index contributed by atoms with van der Waals surface area (Å²) in [5.41, 5.74) is 5.16. The largest absolute Gasteiger partial charge is 0.395 e. The molecule has 4 nitrogen and oxygen atoms in total. The summed E-state index contributed by atoms with van der Waals surface area (Å²) in [5.74, 6) is 0. The standard InChI is InChI=1S/C5H12BNO3/c6-5(3-9)10-4(1-7)2-8/h4-5,8-9H,1-3,7H2. The molecule has 0 spiro atoms. The third kappa shape index (κ3) is 3.84. The highest BCUT2D eigenvalue weighted by Crippen LogP contribution is 1.92. The van der Waals surface area contributed by atoms with Crippen molar-refractivity contribution in [3.8, 4) is 0 Å². The Morgan fingerprint density at radius 2 is 2.00 bits per heavy atom. The first-order valence-corrected chi connectivity index (χ1v) is 3.07. The third-order valence-corrected chi connectivity index (χ3v) is 1.01. The first-order valence-electron chi connectivity index (χ1n) is 3.07. The first kappa shape index (κ1) is 9.90. The topological polar surface area (TPSA) is 75.7 Å². The summed E-state index contributed by atoms with van der Waals surface area (Å²) in [5, 5.41) is 16.9. The van der Waals surface area contributed by atoms with Gasteiger partial charge in [-0.15, -0.1) is 0 Å². The molecule has 5 heteroatoms. The van der Waals surface area contributed by atoms with Gasteiger partial charge in [-0.3, -0.25) is 0 Å². The molecule has 2 unspecified atom stereocenters. The molecule has 0 aromatic rings. The Bertz CT molecular complexity index is 79.3. The molecule has 2 radical (unpaired) electrons. The number of hydrogen-bond acceptors (Lipinski definition) is 4. The summed E-state index contributed by atoms with van der Waals surface area (Å²) >= 11 is 0. The fourth-order valence-corrected chi connectivity index (χ4v) is 0.463. The smallest absolute Gasteiger partial charge is 0.112 e. The van der Waals surface area contributed by atoms with Gasteiger partial charge >= 0.3 is 0 Å². The quantitative estimate of drug-likeness (QED) is 0.384. The minimum absolute atomic E-state index is 0.176. The van der Waals surface area contributed by atoms with E-state index in [0.29, 0.717) is 0 Å². The Labute approximate surface area is 61.4 Å². The van der Waals surface area contributed by atoms with Crippen LogP contribution in [0.25, 0.3) is 0 Å². The van der Waals surface area contributed by atoms with Gasteiger partial charge in [0.2, 0.25) is 0 Å². The lowest BCUT2D eigenvalue weighted by atomic mass is 10.0. The second-order valence-corrected chi connectivity index (χ2v) is 1.90. The van der Waals surface area contributed by atoms with Crippen LogP contribution in [0.3, 0.4) is 0 Å². The predicted molar refractivity (Wildman–Crippen MR) is 37.6 cm³/mol. The normalized spacial score (nSPS) is 16.7. The van der Waals surface area contributed by atoms with E-state index in [1.165, 1.54) is 0 Å². The third-order valence-electron chi connectivity index (χ3n) is 1.01. The van der Waals surface area contributed by atoms with E-state index in [9.17, 15) is 0 Å². The van der Waals surface area contributed by atoms with Gasteiger partial charge in [0.25, 0.3) is 0 Å². The Hall–Kier alpha value is -0.0951. The number of ether oxygens (including phenoxy) is 1. The van der Waals surface area contributed by atoms with Gasteiger partial charge in [-0.25, -0.2) is 0 Å². The zero-order valence-electron chi connectivity index (χ0n) is 5.73. The molecule has 2 atom stereocenters. The number of aliphatic hydroxyl groups excluding tert-OH is 2. The van der Waals surface area contributed by atoms with Crippen molar-refractivity contribution in [1.29, 1.82) is 0 Å². The van der Waals surface area contributed by atoms with Crippen molar-refractivity contribution in [3.63, 3.8) is 0 Å². The predicted octanol–water partition coefficient (Wildman–Crippen LogP) is -2.19. The van der Waals surface area contributed by atoms with Crippen molar-refractivity contribution in [2.24, 2.45) is 5.73 Å². The van der Waals surface area contributed by atoms with E-state index in [1.54, 1.807) is 0 Å². The van der Waals surface area contributed by atoms with E-state index in [0.717, 1.165) is 0 Å². The number of hydrogen-bond donors (Lipinski definition) is 3. The van der Waals surface area contributed by atoms with Gasteiger partial charge < -0.3 is 20.7 Å². The molecule has 0 bridgehead atoms. The molecule has 0 aliphatic rings. The van der Waals surface area contributed by atoms with Gasteiger partial charge in [-0.2, -0.15) is 0 Å². The maximum atomic E-state index is 8.53. The molecule has 0 aromatic carbocycles. The van der Waals surface area contributed by atoms with E-state index >= 15 is 0 Å². The van der Waals surface area contributed by atoms with Gasteiger partial charge in [-0.1, -0.05) is 0 Å². The summed E-state index contributed by atoms with van der Waals surface area (Å²) in [6.45, 7) is -0.245. The van der Waals surface area contributed by atoms with Crippen LogP contribution in [0.15, 0.2) is 0 Å². The van der Waals surface area contributed by atoms with Crippen LogP contribution in [0.4, 0.5) is 0 Å². The Balaban J connectivity index is 3.41. The highest BCUT2D eigenvalue weighted by atomic mass is 16.5. The lowest BCUT2D eigenvalue weighted by molar-refractivity contribution is -0.0188. The summed E-state index contributed by atoms with van der Waals surface area (Å²) in [6, 6.07) is -0.749. The van der Waals surface area contributed by atoms with Crippen molar-refractivity contribution in [2.45, 2.75) is 12.1 Å². The molecule has 10 heavy (non-hydrogen) atoms. The first-order chi connectivity index (χ1) is 4.74. The van der Waals surface area contributed by atoms with Crippen LogP contribution in [0.2, 0.25) is 0 Å². The molecule has 0 aromatic heterocycles. The van der Waals surface area contributed by atoms with Gasteiger partial charge in [-0.05, 0) is 0 Å². The van der Waals surface area contributed by atoms with Crippen LogP contribution >= 0.6 is 0 Å². The van der Waals surface area contributed by atoms with Crippen LogP contribution in [0, 0.1) is 0 Å². The van der Waals surface area contributed by atoms with Gasteiger partial charge in [0.05, 0.1) is 19.3 Å². The van der Waals surface area contributed by atoms with E-state index in [2.05, 4.69) is 0 Å². The second-order valence-electron chi connectivity index (χ2n) is 1.90. The molecule has 58 valence electrons. The number of rotatable bonds is 5. The maximum absolute atomic E-state index is 8.53. The van der Waals surface area contributed by atoms with Crippen molar-refractivity contribution >= 4 is 7.85 Å². The van der Waals surface area contributed by atoms with E-state index in [4.69, 9.17) is 28.5 Å².